The minimum atomic E-state index is -0.506. The van der Waals surface area contributed by atoms with E-state index in [1.807, 2.05) is 0 Å². The zero-order chi connectivity index (χ0) is 14.7. The van der Waals surface area contributed by atoms with Crippen LogP contribution in [0, 0.1) is 0 Å². The van der Waals surface area contributed by atoms with E-state index in [1.54, 1.807) is 31.3 Å². The van der Waals surface area contributed by atoms with E-state index >= 15 is 0 Å². The summed E-state index contributed by atoms with van der Waals surface area (Å²) in [6.45, 7) is 0. The molecule has 0 aromatic heterocycles. The number of anilines is 1. The Labute approximate surface area is 116 Å². The molecule has 0 aliphatic carbocycles. The summed E-state index contributed by atoms with van der Waals surface area (Å²) in [6.07, 6.45) is 0. The number of aromatic hydroxyl groups is 2. The number of phenolic OH excluding ortho intramolecular Hbond substituents is 2. The number of carbonyl (C=O) groups excluding carboxylic acids is 1. The van der Waals surface area contributed by atoms with Crippen LogP contribution in [0.1, 0.15) is 10.4 Å². The van der Waals surface area contributed by atoms with Gasteiger partial charge in [0.15, 0.2) is 0 Å². The Kier molecular flexibility index (Phi) is 3.79. The van der Waals surface area contributed by atoms with Gasteiger partial charge in [0.25, 0.3) is 5.91 Å². The minimum absolute atomic E-state index is 0.127. The van der Waals surface area contributed by atoms with E-state index in [4.69, 9.17) is 4.74 Å². The van der Waals surface area contributed by atoms with E-state index in [0.717, 1.165) is 0 Å². The maximum atomic E-state index is 12.4. The molecule has 20 heavy (non-hydrogen) atoms. The zero-order valence-corrected chi connectivity index (χ0v) is 11.2. The number of methoxy groups -OCH3 is 1. The Balaban J connectivity index is 2.37. The molecule has 2 rings (SSSR count). The van der Waals surface area contributed by atoms with Crippen molar-refractivity contribution in [3.8, 4) is 17.2 Å². The summed E-state index contributed by atoms with van der Waals surface area (Å²) in [5, 5.41) is 19.5. The second kappa shape index (κ2) is 5.52. The summed E-state index contributed by atoms with van der Waals surface area (Å²) in [4.78, 5) is 13.7. The summed E-state index contributed by atoms with van der Waals surface area (Å²) >= 11 is 0. The van der Waals surface area contributed by atoms with E-state index in [2.05, 4.69) is 0 Å². The first-order valence-corrected chi connectivity index (χ1v) is 5.97. The molecule has 0 atom stereocenters. The first-order valence-electron chi connectivity index (χ1n) is 5.97. The fraction of sp³-hybridized carbons (Fsp3) is 0.133. The first kappa shape index (κ1) is 13.7. The molecule has 0 bridgehead atoms. The molecule has 2 N–H and O–H groups in total. The highest BCUT2D eigenvalue weighted by molar-refractivity contribution is 6.09. The Morgan fingerprint density at radius 1 is 1.10 bits per heavy atom. The number of nitrogens with zero attached hydrogens (tertiary/aromatic N) is 1. The molecule has 2 aromatic rings. The summed E-state index contributed by atoms with van der Waals surface area (Å²) < 4.78 is 5.10. The smallest absolute Gasteiger partial charge is 0.265 e. The molecule has 5 heteroatoms. The standard InChI is InChI=1S/C15H15NO4/c1-16(10-5-3-6-11(9-10)20-2)15(19)14-12(17)7-4-8-13(14)18/h3-9,17-18H,1-2H3. The van der Waals surface area contributed by atoms with Crippen molar-refractivity contribution >= 4 is 11.6 Å². The lowest BCUT2D eigenvalue weighted by molar-refractivity contribution is 0.0987. The predicted molar refractivity (Wildman–Crippen MR) is 75.5 cm³/mol. The van der Waals surface area contributed by atoms with Crippen LogP contribution in [0.2, 0.25) is 0 Å². The minimum Gasteiger partial charge on any atom is -0.507 e. The van der Waals surface area contributed by atoms with Gasteiger partial charge in [-0.05, 0) is 24.3 Å². The van der Waals surface area contributed by atoms with Gasteiger partial charge in [-0.25, -0.2) is 0 Å². The monoisotopic (exact) mass is 273 g/mol. The molecule has 0 radical (unpaired) electrons. The van der Waals surface area contributed by atoms with Crippen LogP contribution >= 0.6 is 0 Å². The average Bonchev–Trinajstić information content (AvgIpc) is 2.46. The third kappa shape index (κ3) is 2.51. The van der Waals surface area contributed by atoms with Crippen molar-refractivity contribution in [3.05, 3.63) is 48.0 Å². The third-order valence-electron chi connectivity index (χ3n) is 2.98. The Bertz CT molecular complexity index is 619. The van der Waals surface area contributed by atoms with Crippen molar-refractivity contribution in [1.82, 2.24) is 0 Å². The molecular formula is C15H15NO4. The lowest BCUT2D eigenvalue weighted by Crippen LogP contribution is -2.26. The van der Waals surface area contributed by atoms with Gasteiger partial charge in [-0.1, -0.05) is 12.1 Å². The van der Waals surface area contributed by atoms with Crippen LogP contribution in [0.5, 0.6) is 17.2 Å². The highest BCUT2D eigenvalue weighted by Gasteiger charge is 2.21. The number of ether oxygens (including phenoxy) is 1. The largest absolute Gasteiger partial charge is 0.507 e. The van der Waals surface area contributed by atoms with Gasteiger partial charge in [0.05, 0.1) is 7.11 Å². The predicted octanol–water partition coefficient (Wildman–Crippen LogP) is 2.38. The van der Waals surface area contributed by atoms with Crippen molar-refractivity contribution in [2.45, 2.75) is 0 Å². The number of carbonyl (C=O) groups is 1. The van der Waals surface area contributed by atoms with Gasteiger partial charge in [-0.15, -0.1) is 0 Å². The lowest BCUT2D eigenvalue weighted by Gasteiger charge is -2.19. The van der Waals surface area contributed by atoms with Gasteiger partial charge in [0, 0.05) is 18.8 Å². The second-order valence-corrected chi connectivity index (χ2v) is 4.24. The summed E-state index contributed by atoms with van der Waals surface area (Å²) in [5.74, 6) is -0.410. The molecule has 0 saturated carbocycles. The molecule has 0 spiro atoms. The van der Waals surface area contributed by atoms with Gasteiger partial charge >= 0.3 is 0 Å². The Morgan fingerprint density at radius 3 is 2.30 bits per heavy atom. The molecule has 5 nitrogen and oxygen atoms in total. The highest BCUT2D eigenvalue weighted by Crippen LogP contribution is 2.29. The van der Waals surface area contributed by atoms with Gasteiger partial charge in [-0.2, -0.15) is 0 Å². The maximum absolute atomic E-state index is 12.4. The number of rotatable bonds is 3. The number of hydrogen-bond acceptors (Lipinski definition) is 4. The fourth-order valence-electron chi connectivity index (χ4n) is 1.85. The quantitative estimate of drug-likeness (QED) is 0.900. The molecular weight excluding hydrogens is 258 g/mol. The highest BCUT2D eigenvalue weighted by atomic mass is 16.5. The van der Waals surface area contributed by atoms with E-state index in [-0.39, 0.29) is 17.1 Å². The Morgan fingerprint density at radius 2 is 1.70 bits per heavy atom. The van der Waals surface area contributed by atoms with E-state index in [0.29, 0.717) is 11.4 Å². The Hall–Kier alpha value is -2.69. The van der Waals surface area contributed by atoms with Crippen molar-refractivity contribution < 1.29 is 19.7 Å². The van der Waals surface area contributed by atoms with Crippen LogP contribution < -0.4 is 9.64 Å². The molecule has 2 aromatic carbocycles. The molecule has 0 unspecified atom stereocenters. The van der Waals surface area contributed by atoms with E-state index in [1.165, 1.54) is 30.2 Å². The van der Waals surface area contributed by atoms with Crippen LogP contribution in [-0.4, -0.2) is 30.3 Å². The summed E-state index contributed by atoms with van der Waals surface area (Å²) in [7, 11) is 3.10. The molecule has 0 aliphatic rings. The van der Waals surface area contributed by atoms with Crippen LogP contribution in [0.3, 0.4) is 0 Å². The summed E-state index contributed by atoms with van der Waals surface area (Å²) in [5.41, 5.74) is 0.467. The number of amides is 1. The van der Waals surface area contributed by atoms with Gasteiger partial charge in [0.2, 0.25) is 0 Å². The lowest BCUT2D eigenvalue weighted by atomic mass is 10.1. The second-order valence-electron chi connectivity index (χ2n) is 4.24. The molecule has 104 valence electrons. The molecule has 0 aliphatic heterocycles. The SMILES string of the molecule is COc1cccc(N(C)C(=O)c2c(O)cccc2O)c1. The molecule has 0 saturated heterocycles. The summed E-state index contributed by atoms with van der Waals surface area (Å²) in [6, 6.07) is 11.1. The maximum Gasteiger partial charge on any atom is 0.265 e. The average molecular weight is 273 g/mol. The van der Waals surface area contributed by atoms with Crippen LogP contribution in [0.4, 0.5) is 5.69 Å². The van der Waals surface area contributed by atoms with Crippen molar-refractivity contribution in [2.75, 3.05) is 19.1 Å². The van der Waals surface area contributed by atoms with Gasteiger partial charge < -0.3 is 19.8 Å². The van der Waals surface area contributed by atoms with Crippen molar-refractivity contribution in [3.63, 3.8) is 0 Å². The fourth-order valence-corrected chi connectivity index (χ4v) is 1.85. The molecule has 0 heterocycles. The van der Waals surface area contributed by atoms with E-state index < -0.39 is 5.91 Å². The van der Waals surface area contributed by atoms with Gasteiger partial charge in [-0.3, -0.25) is 4.79 Å². The van der Waals surface area contributed by atoms with Crippen molar-refractivity contribution in [2.24, 2.45) is 0 Å². The van der Waals surface area contributed by atoms with Crippen LogP contribution in [0.25, 0.3) is 0 Å². The van der Waals surface area contributed by atoms with Crippen LogP contribution in [0.15, 0.2) is 42.5 Å². The topological polar surface area (TPSA) is 70.0 Å². The third-order valence-corrected chi connectivity index (χ3v) is 2.98. The van der Waals surface area contributed by atoms with Gasteiger partial charge in [0.1, 0.15) is 22.8 Å². The first-order chi connectivity index (χ1) is 9.54. The normalized spacial score (nSPS) is 10.1. The zero-order valence-electron chi connectivity index (χ0n) is 11.2. The van der Waals surface area contributed by atoms with E-state index in [9.17, 15) is 15.0 Å². The molecule has 1 amide bonds. The number of phenols is 2. The number of benzene rings is 2. The molecule has 0 fully saturated rings. The van der Waals surface area contributed by atoms with Crippen molar-refractivity contribution in [1.29, 1.82) is 0 Å². The van der Waals surface area contributed by atoms with Crippen LogP contribution in [-0.2, 0) is 0 Å². The number of hydrogen-bond donors (Lipinski definition) is 2.